The first-order valence-corrected chi connectivity index (χ1v) is 5.91. The van der Waals surface area contributed by atoms with Gasteiger partial charge in [-0.05, 0) is 69.3 Å². The lowest BCUT2D eigenvalue weighted by atomic mass is 10.1. The van der Waals surface area contributed by atoms with E-state index in [1.54, 1.807) is 0 Å². The lowest BCUT2D eigenvalue weighted by Gasteiger charge is -2.04. The van der Waals surface area contributed by atoms with Gasteiger partial charge in [-0.1, -0.05) is 0 Å². The van der Waals surface area contributed by atoms with Gasteiger partial charge in [-0.3, -0.25) is 0 Å². The van der Waals surface area contributed by atoms with E-state index in [0.717, 1.165) is 25.4 Å². The van der Waals surface area contributed by atoms with Crippen LogP contribution in [0.1, 0.15) is 12.0 Å². The Bertz CT molecular complexity index is 300. The zero-order valence-corrected chi connectivity index (χ0v) is 11.1. The molecule has 0 aliphatic heterocycles. The Balaban J connectivity index is 2.92. The van der Waals surface area contributed by atoms with Gasteiger partial charge < -0.3 is 9.90 Å². The number of hydrogen-bond acceptors (Lipinski definition) is 2. The zero-order chi connectivity index (χ0) is 9.84. The minimum absolute atomic E-state index is 0.330. The molecular formula is C9H8I2O2. The second-order valence-corrected chi connectivity index (χ2v) is 4.94. The summed E-state index contributed by atoms with van der Waals surface area (Å²) in [6.07, 6.45) is 2.19. The molecule has 0 aliphatic carbocycles. The van der Waals surface area contributed by atoms with Gasteiger partial charge in [0, 0.05) is 6.42 Å². The first-order valence-electron chi connectivity index (χ1n) is 3.75. The molecular weight excluding hydrogens is 394 g/mol. The molecule has 0 aliphatic rings. The number of phenols is 1. The Morgan fingerprint density at radius 2 is 1.85 bits per heavy atom. The number of hydrogen-bond donors (Lipinski definition) is 1. The number of carbonyl (C=O) groups excluding carboxylic acids is 1. The van der Waals surface area contributed by atoms with Gasteiger partial charge in [0.15, 0.2) is 0 Å². The standard InChI is InChI=1S/C9H8I2O2/c10-7-4-6(2-1-3-12)5-8(11)9(7)13/h3-5,13H,1-2H2. The maximum atomic E-state index is 10.2. The molecule has 4 heteroatoms. The van der Waals surface area contributed by atoms with Crippen molar-refractivity contribution in [2.24, 2.45) is 0 Å². The van der Waals surface area contributed by atoms with Crippen molar-refractivity contribution in [1.82, 2.24) is 0 Å². The van der Waals surface area contributed by atoms with Crippen molar-refractivity contribution >= 4 is 51.5 Å². The third-order valence-electron chi connectivity index (χ3n) is 1.63. The average Bonchev–Trinajstić information content (AvgIpc) is 2.10. The van der Waals surface area contributed by atoms with Gasteiger partial charge in [-0.15, -0.1) is 0 Å². The summed E-state index contributed by atoms with van der Waals surface area (Å²) < 4.78 is 1.68. The van der Waals surface area contributed by atoms with Crippen LogP contribution in [0, 0.1) is 7.14 Å². The predicted octanol–water partition coefficient (Wildman–Crippen LogP) is 2.73. The van der Waals surface area contributed by atoms with Crippen LogP contribution in [0.15, 0.2) is 12.1 Å². The van der Waals surface area contributed by atoms with E-state index in [0.29, 0.717) is 12.2 Å². The van der Waals surface area contributed by atoms with Gasteiger partial charge >= 0.3 is 0 Å². The summed E-state index contributed by atoms with van der Waals surface area (Å²) >= 11 is 4.17. The molecule has 1 aromatic carbocycles. The molecule has 0 radical (unpaired) electrons. The van der Waals surface area contributed by atoms with E-state index in [4.69, 9.17) is 0 Å². The summed E-state index contributed by atoms with van der Waals surface area (Å²) in [5.74, 6) is 0.330. The summed E-state index contributed by atoms with van der Waals surface area (Å²) in [5, 5.41) is 9.47. The molecule has 1 N–H and O–H groups in total. The van der Waals surface area contributed by atoms with Crippen LogP contribution >= 0.6 is 45.2 Å². The van der Waals surface area contributed by atoms with Crippen molar-refractivity contribution in [2.75, 3.05) is 0 Å². The first-order chi connectivity index (χ1) is 6.15. The Morgan fingerprint density at radius 1 is 1.31 bits per heavy atom. The van der Waals surface area contributed by atoms with Crippen molar-refractivity contribution in [2.45, 2.75) is 12.8 Å². The monoisotopic (exact) mass is 402 g/mol. The van der Waals surface area contributed by atoms with E-state index in [1.807, 2.05) is 12.1 Å². The molecule has 0 spiro atoms. The highest BCUT2D eigenvalue weighted by Crippen LogP contribution is 2.27. The SMILES string of the molecule is O=CCCc1cc(I)c(O)c(I)c1. The number of halogens is 2. The molecule has 2 nitrogen and oxygen atoms in total. The highest BCUT2D eigenvalue weighted by atomic mass is 127. The fraction of sp³-hybridized carbons (Fsp3) is 0.222. The average molecular weight is 402 g/mol. The number of carbonyl (C=O) groups is 1. The third-order valence-corrected chi connectivity index (χ3v) is 3.27. The molecule has 0 atom stereocenters. The summed E-state index contributed by atoms with van der Waals surface area (Å²) in [6.45, 7) is 0. The largest absolute Gasteiger partial charge is 0.506 e. The molecule has 0 unspecified atom stereocenters. The highest BCUT2D eigenvalue weighted by Gasteiger charge is 2.04. The molecule has 0 amide bonds. The molecule has 70 valence electrons. The maximum absolute atomic E-state index is 10.2. The quantitative estimate of drug-likeness (QED) is 0.624. The van der Waals surface area contributed by atoms with Gasteiger partial charge in [0.05, 0.1) is 7.14 Å². The number of phenolic OH excluding ortho intramolecular Hbond substituents is 1. The van der Waals surface area contributed by atoms with Crippen LogP contribution in [0.3, 0.4) is 0 Å². The summed E-state index contributed by atoms with van der Waals surface area (Å²) in [5.41, 5.74) is 1.10. The predicted molar refractivity (Wildman–Crippen MR) is 67.9 cm³/mol. The Morgan fingerprint density at radius 3 is 2.31 bits per heavy atom. The van der Waals surface area contributed by atoms with E-state index in [1.165, 1.54) is 0 Å². The minimum atomic E-state index is 0.330. The van der Waals surface area contributed by atoms with Gasteiger partial charge in [0.25, 0.3) is 0 Å². The normalized spacial score (nSPS) is 10.0. The molecule has 1 aromatic rings. The van der Waals surface area contributed by atoms with E-state index in [2.05, 4.69) is 45.2 Å². The molecule has 0 heterocycles. The lowest BCUT2D eigenvalue weighted by molar-refractivity contribution is -0.107. The Hall–Kier alpha value is 0.150. The summed E-state index contributed by atoms with van der Waals surface area (Å²) in [4.78, 5) is 10.2. The van der Waals surface area contributed by atoms with Gasteiger partial charge in [0.2, 0.25) is 0 Å². The fourth-order valence-corrected chi connectivity index (χ4v) is 2.89. The second kappa shape index (κ2) is 5.14. The molecule has 0 saturated heterocycles. The van der Waals surface area contributed by atoms with Crippen LogP contribution in [0.4, 0.5) is 0 Å². The molecule has 0 fully saturated rings. The summed E-state index contributed by atoms with van der Waals surface area (Å²) in [6, 6.07) is 3.81. The Labute approximate surface area is 104 Å². The van der Waals surface area contributed by atoms with E-state index in [9.17, 15) is 9.90 Å². The number of aldehydes is 1. The first kappa shape index (κ1) is 11.2. The van der Waals surface area contributed by atoms with Crippen LogP contribution in [0.5, 0.6) is 5.75 Å². The van der Waals surface area contributed by atoms with Crippen molar-refractivity contribution in [3.05, 3.63) is 24.8 Å². The number of aryl methyl sites for hydroxylation is 1. The van der Waals surface area contributed by atoms with E-state index < -0.39 is 0 Å². The van der Waals surface area contributed by atoms with Crippen molar-refractivity contribution in [1.29, 1.82) is 0 Å². The van der Waals surface area contributed by atoms with Crippen molar-refractivity contribution in [3.63, 3.8) is 0 Å². The van der Waals surface area contributed by atoms with Crippen molar-refractivity contribution < 1.29 is 9.90 Å². The topological polar surface area (TPSA) is 37.3 Å². The maximum Gasteiger partial charge on any atom is 0.142 e. The smallest absolute Gasteiger partial charge is 0.142 e. The number of rotatable bonds is 3. The summed E-state index contributed by atoms with van der Waals surface area (Å²) in [7, 11) is 0. The number of benzene rings is 1. The van der Waals surface area contributed by atoms with Crippen LogP contribution < -0.4 is 0 Å². The molecule has 0 saturated carbocycles. The molecule has 0 bridgehead atoms. The molecule has 0 aromatic heterocycles. The van der Waals surface area contributed by atoms with Crippen LogP contribution in [0.25, 0.3) is 0 Å². The van der Waals surface area contributed by atoms with Crippen LogP contribution in [-0.2, 0) is 11.2 Å². The fourth-order valence-electron chi connectivity index (χ4n) is 0.988. The van der Waals surface area contributed by atoms with E-state index in [-0.39, 0.29) is 0 Å². The van der Waals surface area contributed by atoms with Gasteiger partial charge in [-0.2, -0.15) is 0 Å². The van der Waals surface area contributed by atoms with Crippen molar-refractivity contribution in [3.8, 4) is 5.75 Å². The molecule has 13 heavy (non-hydrogen) atoms. The lowest BCUT2D eigenvalue weighted by Crippen LogP contribution is -1.89. The van der Waals surface area contributed by atoms with E-state index >= 15 is 0 Å². The minimum Gasteiger partial charge on any atom is -0.506 e. The zero-order valence-electron chi connectivity index (χ0n) is 6.76. The number of aromatic hydroxyl groups is 1. The second-order valence-electron chi connectivity index (χ2n) is 2.61. The van der Waals surface area contributed by atoms with Crippen LogP contribution in [-0.4, -0.2) is 11.4 Å². The Kier molecular flexibility index (Phi) is 4.43. The highest BCUT2D eigenvalue weighted by molar-refractivity contribution is 14.1. The van der Waals surface area contributed by atoms with Gasteiger partial charge in [0.1, 0.15) is 12.0 Å². The van der Waals surface area contributed by atoms with Crippen LogP contribution in [0.2, 0.25) is 0 Å². The molecule has 1 rings (SSSR count). The third kappa shape index (κ3) is 3.08. The van der Waals surface area contributed by atoms with Gasteiger partial charge in [-0.25, -0.2) is 0 Å².